The topological polar surface area (TPSA) is 271 Å². The number of aliphatic carboxylic acids is 2. The number of hydrogen-bond donors (Lipinski definition) is 9. The highest BCUT2D eigenvalue weighted by Gasteiger charge is 2.33. The largest absolute Gasteiger partial charge is 0.508 e. The second-order valence-corrected chi connectivity index (χ2v) is 8.27. The highest BCUT2D eigenvalue weighted by Crippen LogP contribution is 2.12. The zero-order valence-electron chi connectivity index (χ0n) is 19.9. The molecule has 4 amide bonds. The molecule has 0 saturated heterocycles. The summed E-state index contributed by atoms with van der Waals surface area (Å²) >= 11 is 0. The van der Waals surface area contributed by atoms with Gasteiger partial charge in [0.15, 0.2) is 0 Å². The minimum Gasteiger partial charge on any atom is -0.508 e. The number of phenols is 1. The Morgan fingerprint density at radius 1 is 0.892 bits per heavy atom. The van der Waals surface area contributed by atoms with Crippen molar-refractivity contribution in [3.63, 3.8) is 0 Å². The Morgan fingerprint density at radius 2 is 1.46 bits per heavy atom. The molecule has 1 aromatic carbocycles. The van der Waals surface area contributed by atoms with Crippen LogP contribution < -0.4 is 27.4 Å². The Labute approximate surface area is 211 Å². The highest BCUT2D eigenvalue weighted by molar-refractivity contribution is 5.96. The van der Waals surface area contributed by atoms with E-state index in [1.54, 1.807) is 0 Å². The van der Waals surface area contributed by atoms with Gasteiger partial charge in [0.05, 0.1) is 18.6 Å². The molecule has 0 bridgehead atoms. The maximum atomic E-state index is 12.7. The molecule has 0 aliphatic rings. The van der Waals surface area contributed by atoms with Crippen LogP contribution in [-0.2, 0) is 35.2 Å². The second-order valence-electron chi connectivity index (χ2n) is 8.27. The third-order valence-electron chi connectivity index (χ3n) is 5.10. The number of phenolic OH excluding ortho intramolecular Hbond substituents is 1. The molecule has 1 rings (SSSR count). The van der Waals surface area contributed by atoms with E-state index in [1.807, 2.05) is 0 Å². The molecule has 11 N–H and O–H groups in total. The highest BCUT2D eigenvalue weighted by atomic mass is 16.4. The number of aromatic hydroxyl groups is 1. The average molecular weight is 526 g/mol. The summed E-state index contributed by atoms with van der Waals surface area (Å²) in [5.74, 6) is -6.88. The Hall–Kier alpha value is -4.24. The van der Waals surface area contributed by atoms with Crippen molar-refractivity contribution in [2.45, 2.75) is 62.9 Å². The summed E-state index contributed by atoms with van der Waals surface area (Å²) in [6, 6.07) is -0.664. The molecule has 204 valence electrons. The van der Waals surface area contributed by atoms with Crippen molar-refractivity contribution in [2.24, 2.45) is 11.5 Å². The van der Waals surface area contributed by atoms with Crippen LogP contribution in [0.1, 0.15) is 31.7 Å². The van der Waals surface area contributed by atoms with Crippen LogP contribution in [0.15, 0.2) is 24.3 Å². The third-order valence-corrected chi connectivity index (χ3v) is 5.10. The summed E-state index contributed by atoms with van der Waals surface area (Å²) in [5.41, 5.74) is 11.1. The van der Waals surface area contributed by atoms with Crippen molar-refractivity contribution in [1.29, 1.82) is 0 Å². The fraction of sp³-hybridized carbons (Fsp3) is 0.455. The number of aliphatic hydroxyl groups is 1. The van der Waals surface area contributed by atoms with E-state index >= 15 is 0 Å². The van der Waals surface area contributed by atoms with Crippen molar-refractivity contribution in [3.8, 4) is 5.75 Å². The van der Waals surface area contributed by atoms with Crippen LogP contribution in [0.25, 0.3) is 0 Å². The van der Waals surface area contributed by atoms with E-state index in [4.69, 9.17) is 16.6 Å². The normalized spacial score (nSPS) is 14.8. The number of carboxylic acid groups (broad SMARTS) is 2. The minimum absolute atomic E-state index is 0.0478. The van der Waals surface area contributed by atoms with Gasteiger partial charge in [-0.05, 0) is 31.0 Å². The Kier molecular flexibility index (Phi) is 11.9. The van der Waals surface area contributed by atoms with Crippen LogP contribution in [0.5, 0.6) is 5.75 Å². The fourth-order valence-electron chi connectivity index (χ4n) is 3.08. The van der Waals surface area contributed by atoms with E-state index in [-0.39, 0.29) is 25.0 Å². The Bertz CT molecular complexity index is 998. The first kappa shape index (κ1) is 30.8. The van der Waals surface area contributed by atoms with Gasteiger partial charge in [-0.2, -0.15) is 0 Å². The molecule has 0 saturated carbocycles. The zero-order valence-corrected chi connectivity index (χ0v) is 19.9. The van der Waals surface area contributed by atoms with Crippen LogP contribution in [0, 0.1) is 0 Å². The van der Waals surface area contributed by atoms with Crippen molar-refractivity contribution in [1.82, 2.24) is 16.0 Å². The number of hydrogen-bond acceptors (Lipinski definition) is 9. The predicted octanol–water partition coefficient (Wildman–Crippen LogP) is -3.08. The molecule has 0 radical (unpaired) electrons. The SMILES string of the molecule is CC(O)C(NC(=O)C(CC(=O)O)NC(=O)C(N)CCC(N)=O)C(=O)NC(Cc1ccc(O)cc1)C(=O)O. The number of nitrogens with two attached hydrogens (primary N) is 2. The third kappa shape index (κ3) is 10.9. The predicted molar refractivity (Wildman–Crippen MR) is 126 cm³/mol. The lowest BCUT2D eigenvalue weighted by molar-refractivity contribution is -0.144. The molecule has 5 unspecified atom stereocenters. The lowest BCUT2D eigenvalue weighted by atomic mass is 10.0. The first-order valence-corrected chi connectivity index (χ1v) is 11.1. The lowest BCUT2D eigenvalue weighted by Crippen LogP contribution is -2.60. The fourth-order valence-corrected chi connectivity index (χ4v) is 3.08. The zero-order chi connectivity index (χ0) is 28.3. The van der Waals surface area contributed by atoms with Gasteiger partial charge in [0.2, 0.25) is 23.6 Å². The maximum Gasteiger partial charge on any atom is 0.326 e. The molecule has 15 nitrogen and oxygen atoms in total. The summed E-state index contributed by atoms with van der Waals surface area (Å²) in [6.07, 6.45) is -3.05. The molecule has 0 aliphatic carbocycles. The summed E-state index contributed by atoms with van der Waals surface area (Å²) in [7, 11) is 0. The van der Waals surface area contributed by atoms with Crippen molar-refractivity contribution in [3.05, 3.63) is 29.8 Å². The van der Waals surface area contributed by atoms with Crippen LogP contribution in [0.2, 0.25) is 0 Å². The number of carboxylic acids is 2. The van der Waals surface area contributed by atoms with Crippen LogP contribution in [-0.4, -0.2) is 86.3 Å². The van der Waals surface area contributed by atoms with Crippen LogP contribution >= 0.6 is 0 Å². The average Bonchev–Trinajstić information content (AvgIpc) is 2.80. The Balaban J connectivity index is 2.96. The number of rotatable bonds is 15. The van der Waals surface area contributed by atoms with Crippen molar-refractivity contribution in [2.75, 3.05) is 0 Å². The number of primary amides is 1. The van der Waals surface area contributed by atoms with Crippen molar-refractivity contribution >= 4 is 35.6 Å². The number of carbonyl (C=O) groups is 6. The smallest absolute Gasteiger partial charge is 0.326 e. The van der Waals surface area contributed by atoms with Gasteiger partial charge in [0.25, 0.3) is 0 Å². The van der Waals surface area contributed by atoms with Crippen molar-refractivity contribution < 1.29 is 49.2 Å². The molecule has 0 spiro atoms. The minimum atomic E-state index is -1.72. The number of benzene rings is 1. The molecule has 0 aliphatic heterocycles. The molecule has 15 heteroatoms. The lowest BCUT2D eigenvalue weighted by Gasteiger charge is -2.26. The number of aliphatic hydroxyl groups excluding tert-OH is 1. The van der Waals surface area contributed by atoms with E-state index in [0.29, 0.717) is 5.56 Å². The molecule has 0 aromatic heterocycles. The number of nitrogens with one attached hydrogen (secondary N) is 3. The number of amides is 4. The monoisotopic (exact) mass is 525 g/mol. The first-order valence-electron chi connectivity index (χ1n) is 11.1. The molecule has 0 heterocycles. The van der Waals surface area contributed by atoms with Crippen LogP contribution in [0.3, 0.4) is 0 Å². The van der Waals surface area contributed by atoms with E-state index < -0.39 is 72.3 Å². The summed E-state index contributed by atoms with van der Waals surface area (Å²) < 4.78 is 0. The van der Waals surface area contributed by atoms with Gasteiger partial charge in [-0.25, -0.2) is 4.79 Å². The summed E-state index contributed by atoms with van der Waals surface area (Å²) in [5, 5.41) is 44.4. The number of carbonyl (C=O) groups excluding carboxylic acids is 4. The van der Waals surface area contributed by atoms with Gasteiger partial charge in [-0.3, -0.25) is 24.0 Å². The van der Waals surface area contributed by atoms with Gasteiger partial charge in [-0.15, -0.1) is 0 Å². The quantitative estimate of drug-likeness (QED) is 0.111. The van der Waals surface area contributed by atoms with Crippen LogP contribution in [0.4, 0.5) is 0 Å². The molecule has 0 fully saturated rings. The van der Waals surface area contributed by atoms with Gasteiger partial charge < -0.3 is 47.8 Å². The van der Waals surface area contributed by atoms with E-state index in [1.165, 1.54) is 24.3 Å². The second kappa shape index (κ2) is 14.4. The summed E-state index contributed by atoms with van der Waals surface area (Å²) in [4.78, 5) is 71.5. The first-order chi connectivity index (χ1) is 17.2. The molecular weight excluding hydrogens is 494 g/mol. The van der Waals surface area contributed by atoms with E-state index in [9.17, 15) is 44.1 Å². The van der Waals surface area contributed by atoms with E-state index in [2.05, 4.69) is 16.0 Å². The van der Waals surface area contributed by atoms with Gasteiger partial charge >= 0.3 is 11.9 Å². The molecule has 5 atom stereocenters. The molecule has 1 aromatic rings. The molecular formula is C22H31N5O10. The Morgan fingerprint density at radius 3 is 1.95 bits per heavy atom. The van der Waals surface area contributed by atoms with Gasteiger partial charge in [0.1, 0.15) is 23.9 Å². The molecule has 37 heavy (non-hydrogen) atoms. The van der Waals surface area contributed by atoms with Gasteiger partial charge in [-0.1, -0.05) is 12.1 Å². The van der Waals surface area contributed by atoms with Gasteiger partial charge in [0, 0.05) is 12.8 Å². The standard InChI is InChI=1S/C22H31N5O10/c1-10(28)18(21(35)26-15(22(36)37)8-11-2-4-12(29)5-3-11)27-20(34)14(9-17(31)32)25-19(33)13(23)6-7-16(24)30/h2-5,10,13-15,18,28-29H,6-9,23H2,1H3,(H2,24,30)(H,25,33)(H,26,35)(H,27,34)(H,31,32)(H,36,37). The maximum absolute atomic E-state index is 12.7. The van der Waals surface area contributed by atoms with E-state index in [0.717, 1.165) is 6.92 Å². The summed E-state index contributed by atoms with van der Waals surface area (Å²) in [6.45, 7) is 1.13.